The topological polar surface area (TPSA) is 49.4 Å². The zero-order valence-electron chi connectivity index (χ0n) is 11.5. The molecule has 0 radical (unpaired) electrons. The van der Waals surface area contributed by atoms with Crippen LogP contribution in [-0.4, -0.2) is 29.8 Å². The molecule has 0 saturated carbocycles. The van der Waals surface area contributed by atoms with E-state index in [2.05, 4.69) is 21.2 Å². The highest BCUT2D eigenvalue weighted by Crippen LogP contribution is 2.20. The summed E-state index contributed by atoms with van der Waals surface area (Å²) in [4.78, 5) is 25.2. The number of amides is 2. The van der Waals surface area contributed by atoms with Crippen LogP contribution in [0.3, 0.4) is 0 Å². The highest BCUT2D eigenvalue weighted by Gasteiger charge is 2.14. The molecule has 0 saturated heterocycles. The summed E-state index contributed by atoms with van der Waals surface area (Å²) in [5.41, 5.74) is 1.78. The van der Waals surface area contributed by atoms with Crippen molar-refractivity contribution in [2.75, 3.05) is 18.4 Å². The van der Waals surface area contributed by atoms with Gasteiger partial charge in [-0.3, -0.25) is 9.59 Å². The molecule has 0 aliphatic rings. The lowest BCUT2D eigenvalue weighted by atomic mass is 10.2. The Morgan fingerprint density at radius 1 is 1.26 bits per heavy atom. The molecule has 1 aromatic rings. The number of aryl methyl sites for hydroxylation is 1. The van der Waals surface area contributed by atoms with Crippen molar-refractivity contribution in [3.05, 3.63) is 28.2 Å². The number of carbonyl (C=O) groups is 2. The lowest BCUT2D eigenvalue weighted by Crippen LogP contribution is -2.33. The maximum Gasteiger partial charge on any atom is 0.233 e. The number of rotatable bonds is 5. The van der Waals surface area contributed by atoms with Crippen molar-refractivity contribution in [3.8, 4) is 0 Å². The third-order valence-electron chi connectivity index (χ3n) is 2.88. The fraction of sp³-hybridized carbons (Fsp3) is 0.429. The van der Waals surface area contributed by atoms with E-state index in [1.807, 2.05) is 39.0 Å². The first kappa shape index (κ1) is 15.7. The second kappa shape index (κ2) is 7.28. The third kappa shape index (κ3) is 4.67. The molecule has 0 fully saturated rings. The molecule has 0 aromatic heterocycles. The van der Waals surface area contributed by atoms with Crippen LogP contribution in [0.2, 0.25) is 0 Å². The van der Waals surface area contributed by atoms with Crippen molar-refractivity contribution in [1.82, 2.24) is 4.90 Å². The number of nitrogens with one attached hydrogen (secondary N) is 1. The van der Waals surface area contributed by atoms with E-state index < -0.39 is 0 Å². The molecule has 1 aromatic carbocycles. The Morgan fingerprint density at radius 3 is 2.42 bits per heavy atom. The van der Waals surface area contributed by atoms with Crippen molar-refractivity contribution in [2.45, 2.75) is 27.2 Å². The van der Waals surface area contributed by atoms with Crippen LogP contribution in [0.4, 0.5) is 5.69 Å². The van der Waals surface area contributed by atoms with E-state index in [0.29, 0.717) is 18.8 Å². The molecule has 0 aliphatic carbocycles. The Kier molecular flexibility index (Phi) is 6.02. The summed E-state index contributed by atoms with van der Waals surface area (Å²) in [7, 11) is 0. The molecular weight excluding hydrogens is 308 g/mol. The van der Waals surface area contributed by atoms with E-state index in [1.165, 1.54) is 0 Å². The van der Waals surface area contributed by atoms with E-state index in [0.717, 1.165) is 10.0 Å². The minimum Gasteiger partial charge on any atom is -0.343 e. The Morgan fingerprint density at radius 2 is 1.89 bits per heavy atom. The van der Waals surface area contributed by atoms with E-state index in [-0.39, 0.29) is 18.2 Å². The van der Waals surface area contributed by atoms with E-state index >= 15 is 0 Å². The summed E-state index contributed by atoms with van der Waals surface area (Å²) < 4.78 is 0.931. The predicted octanol–water partition coefficient (Wildman–Crippen LogP) is 2.95. The molecule has 1 rings (SSSR count). The van der Waals surface area contributed by atoms with Crippen LogP contribution in [0.5, 0.6) is 0 Å². The zero-order valence-corrected chi connectivity index (χ0v) is 13.1. The minimum absolute atomic E-state index is 0.118. The van der Waals surface area contributed by atoms with Crippen molar-refractivity contribution in [2.24, 2.45) is 0 Å². The maximum atomic E-state index is 11.8. The van der Waals surface area contributed by atoms with Gasteiger partial charge < -0.3 is 10.2 Å². The number of anilines is 1. The lowest BCUT2D eigenvalue weighted by Gasteiger charge is -2.18. The molecule has 4 nitrogen and oxygen atoms in total. The van der Waals surface area contributed by atoms with Crippen LogP contribution >= 0.6 is 15.9 Å². The summed E-state index contributed by atoms with van der Waals surface area (Å²) in [6.45, 7) is 7.02. The average molecular weight is 327 g/mol. The molecule has 0 spiro atoms. The standard InChI is InChI=1S/C14H19BrN2O2/c1-4-17(5-2)14(19)9-13(18)16-11-7-6-10(3)12(15)8-11/h6-8H,4-5,9H2,1-3H3,(H,16,18). The maximum absolute atomic E-state index is 11.8. The zero-order chi connectivity index (χ0) is 14.4. The molecule has 0 atom stereocenters. The fourth-order valence-electron chi connectivity index (χ4n) is 1.70. The van der Waals surface area contributed by atoms with Crippen LogP contribution in [0.15, 0.2) is 22.7 Å². The summed E-state index contributed by atoms with van der Waals surface area (Å²) in [5, 5.41) is 2.73. The monoisotopic (exact) mass is 326 g/mol. The number of halogens is 1. The first-order valence-electron chi connectivity index (χ1n) is 6.31. The van der Waals surface area contributed by atoms with E-state index in [1.54, 1.807) is 4.90 Å². The van der Waals surface area contributed by atoms with Gasteiger partial charge >= 0.3 is 0 Å². The molecule has 0 heterocycles. The average Bonchev–Trinajstić information content (AvgIpc) is 2.35. The van der Waals surface area contributed by atoms with Crippen LogP contribution in [0, 0.1) is 6.92 Å². The normalized spacial score (nSPS) is 10.1. The highest BCUT2D eigenvalue weighted by molar-refractivity contribution is 9.10. The highest BCUT2D eigenvalue weighted by atomic mass is 79.9. The number of nitrogens with zero attached hydrogens (tertiary/aromatic N) is 1. The summed E-state index contributed by atoms with van der Waals surface area (Å²) in [6.07, 6.45) is -0.118. The number of carbonyl (C=O) groups excluding carboxylic acids is 2. The first-order valence-corrected chi connectivity index (χ1v) is 7.11. The van der Waals surface area contributed by atoms with Gasteiger partial charge in [-0.1, -0.05) is 22.0 Å². The smallest absolute Gasteiger partial charge is 0.233 e. The SMILES string of the molecule is CCN(CC)C(=O)CC(=O)Nc1ccc(C)c(Br)c1. The van der Waals surface area contributed by atoms with Gasteiger partial charge in [0.05, 0.1) is 0 Å². The van der Waals surface area contributed by atoms with Gasteiger partial charge in [-0.15, -0.1) is 0 Å². The Balaban J connectivity index is 2.60. The number of benzene rings is 1. The molecule has 1 N–H and O–H groups in total. The first-order chi connectivity index (χ1) is 8.97. The van der Waals surface area contributed by atoms with Gasteiger partial charge in [0.15, 0.2) is 0 Å². The van der Waals surface area contributed by atoms with Gasteiger partial charge in [-0.25, -0.2) is 0 Å². The van der Waals surface area contributed by atoms with E-state index in [9.17, 15) is 9.59 Å². The molecule has 5 heteroatoms. The molecule has 0 aliphatic heterocycles. The van der Waals surface area contributed by atoms with Crippen molar-refractivity contribution in [1.29, 1.82) is 0 Å². The van der Waals surface area contributed by atoms with Crippen molar-refractivity contribution < 1.29 is 9.59 Å². The largest absolute Gasteiger partial charge is 0.343 e. The second-order valence-electron chi connectivity index (χ2n) is 4.25. The number of hydrogen-bond acceptors (Lipinski definition) is 2. The minimum atomic E-state index is -0.285. The van der Waals surface area contributed by atoms with Crippen LogP contribution in [-0.2, 0) is 9.59 Å². The lowest BCUT2D eigenvalue weighted by molar-refractivity contribution is -0.134. The Hall–Kier alpha value is -1.36. The summed E-state index contributed by atoms with van der Waals surface area (Å²) in [5.74, 6) is -0.429. The molecule has 19 heavy (non-hydrogen) atoms. The van der Waals surface area contributed by atoms with Crippen molar-refractivity contribution in [3.63, 3.8) is 0 Å². The third-order valence-corrected chi connectivity index (χ3v) is 3.74. The Labute approximate surface area is 122 Å². The van der Waals surface area contributed by atoms with Crippen LogP contribution in [0.25, 0.3) is 0 Å². The van der Waals surface area contributed by atoms with E-state index in [4.69, 9.17) is 0 Å². The van der Waals surface area contributed by atoms with Gasteiger partial charge in [-0.2, -0.15) is 0 Å². The summed E-state index contributed by atoms with van der Waals surface area (Å²) in [6, 6.07) is 5.56. The second-order valence-corrected chi connectivity index (χ2v) is 5.11. The van der Waals surface area contributed by atoms with Crippen molar-refractivity contribution >= 4 is 33.4 Å². The van der Waals surface area contributed by atoms with Gasteiger partial charge in [0.1, 0.15) is 6.42 Å². The summed E-state index contributed by atoms with van der Waals surface area (Å²) >= 11 is 3.41. The molecule has 104 valence electrons. The Bertz CT molecular complexity index is 471. The van der Waals surface area contributed by atoms with Gasteiger partial charge in [0.2, 0.25) is 11.8 Å². The molecule has 2 amide bonds. The van der Waals surface area contributed by atoms with Crippen LogP contribution < -0.4 is 5.32 Å². The molecule has 0 bridgehead atoms. The van der Waals surface area contributed by atoms with Gasteiger partial charge in [-0.05, 0) is 38.5 Å². The molecule has 0 unspecified atom stereocenters. The van der Waals surface area contributed by atoms with Gasteiger partial charge in [0, 0.05) is 23.2 Å². The van der Waals surface area contributed by atoms with Gasteiger partial charge in [0.25, 0.3) is 0 Å². The fourth-order valence-corrected chi connectivity index (χ4v) is 2.08. The van der Waals surface area contributed by atoms with Crippen LogP contribution in [0.1, 0.15) is 25.8 Å². The predicted molar refractivity (Wildman–Crippen MR) is 80.1 cm³/mol. The molecular formula is C14H19BrN2O2. The quantitative estimate of drug-likeness (QED) is 0.846. The number of hydrogen-bond donors (Lipinski definition) is 1.